The molecule has 0 fully saturated rings. The van der Waals surface area contributed by atoms with E-state index < -0.39 is 41.9 Å². The number of rotatable bonds is 14. The van der Waals surface area contributed by atoms with Gasteiger partial charge in [0.05, 0.1) is 12.1 Å². The Balaban J connectivity index is 1.45. The summed E-state index contributed by atoms with van der Waals surface area (Å²) in [6.45, 7) is 0. The second-order valence-electron chi connectivity index (χ2n) is 10.2. The average Bonchev–Trinajstić information content (AvgIpc) is 3.43. The van der Waals surface area contributed by atoms with Crippen molar-refractivity contribution in [3.8, 4) is 5.75 Å². The molecule has 7 N–H and O–H groups in total. The van der Waals surface area contributed by atoms with Gasteiger partial charge in [0.15, 0.2) is 0 Å². The quantitative estimate of drug-likeness (QED) is 0.109. The van der Waals surface area contributed by atoms with Crippen LogP contribution in [0.5, 0.6) is 5.75 Å². The summed E-state index contributed by atoms with van der Waals surface area (Å²) in [6.07, 6.45) is 4.18. The van der Waals surface area contributed by atoms with Crippen LogP contribution in [0, 0.1) is 0 Å². The molecule has 1 radical (unpaired) electrons. The van der Waals surface area contributed by atoms with Crippen LogP contribution in [0.25, 0.3) is 10.9 Å². The van der Waals surface area contributed by atoms with Gasteiger partial charge in [-0.25, -0.2) is 0 Å². The first-order valence-corrected chi connectivity index (χ1v) is 14.4. The molecule has 223 valence electrons. The molecule has 0 unspecified atom stereocenters. The summed E-state index contributed by atoms with van der Waals surface area (Å²) in [5, 5.41) is 18.6. The molecule has 10 nitrogen and oxygen atoms in total. The number of phenolic OH excluding ortho intramolecular Hbond substituents is 1. The molecule has 0 saturated heterocycles. The SMILES string of the molecule is N[C@@H](Cc1ccccc1)C(=O)N[C@@H](CS)C(=O)N[C@@H](Cc1ccc(O)cc1)C(=O)N[C@H]([C]=O)Cc1c[nH]c2ccccc12. The van der Waals surface area contributed by atoms with E-state index in [0.29, 0.717) is 5.56 Å². The van der Waals surface area contributed by atoms with Crippen LogP contribution in [0.3, 0.4) is 0 Å². The molecule has 1 heterocycles. The standard InChI is InChI=1S/C32H34N5O5S/c33-26(14-20-6-2-1-3-7-20)30(40)37-29(19-43)32(42)36-28(15-21-10-12-24(39)13-11-21)31(41)35-23(18-38)16-22-17-34-27-9-5-4-8-25(22)27/h1-13,17,23,26,28-29,34,39,43H,14-16,19,33H2,(H,35,41)(H,36,42)(H,37,40)/t23-,26-,28-,29-/m0/s1. The Morgan fingerprint density at radius 1 is 0.791 bits per heavy atom. The van der Waals surface area contributed by atoms with E-state index >= 15 is 0 Å². The Morgan fingerprint density at radius 3 is 2.12 bits per heavy atom. The monoisotopic (exact) mass is 600 g/mol. The number of fused-ring (bicyclic) bond motifs is 1. The predicted molar refractivity (Wildman–Crippen MR) is 167 cm³/mol. The largest absolute Gasteiger partial charge is 0.508 e. The lowest BCUT2D eigenvalue weighted by atomic mass is 10.0. The highest BCUT2D eigenvalue weighted by atomic mass is 32.1. The number of carbonyl (C=O) groups excluding carboxylic acids is 4. The number of phenols is 1. The van der Waals surface area contributed by atoms with Crippen LogP contribution in [-0.2, 0) is 38.4 Å². The molecule has 3 amide bonds. The average molecular weight is 601 g/mol. The van der Waals surface area contributed by atoms with Crippen molar-refractivity contribution in [2.45, 2.75) is 43.4 Å². The predicted octanol–water partition coefficient (Wildman–Crippen LogP) is 1.72. The molecule has 3 aromatic carbocycles. The van der Waals surface area contributed by atoms with E-state index in [2.05, 4.69) is 33.6 Å². The summed E-state index contributed by atoms with van der Waals surface area (Å²) in [5.41, 5.74) is 9.33. The van der Waals surface area contributed by atoms with Crippen molar-refractivity contribution in [2.24, 2.45) is 5.73 Å². The number of aromatic amines is 1. The van der Waals surface area contributed by atoms with Crippen LogP contribution in [0.15, 0.2) is 85.1 Å². The van der Waals surface area contributed by atoms with E-state index in [-0.39, 0.29) is 30.8 Å². The zero-order valence-electron chi connectivity index (χ0n) is 23.3. The number of amides is 3. The number of aromatic nitrogens is 1. The zero-order chi connectivity index (χ0) is 30.8. The van der Waals surface area contributed by atoms with Crippen LogP contribution >= 0.6 is 12.6 Å². The Labute approximate surface area is 254 Å². The maximum atomic E-state index is 13.5. The van der Waals surface area contributed by atoms with Crippen molar-refractivity contribution >= 4 is 47.5 Å². The number of hydrogen-bond donors (Lipinski definition) is 7. The number of thiol groups is 1. The summed E-state index contributed by atoms with van der Waals surface area (Å²) in [6, 6.07) is 18.9. The third-order valence-corrected chi connectivity index (χ3v) is 7.38. The first-order chi connectivity index (χ1) is 20.8. The van der Waals surface area contributed by atoms with Crippen molar-refractivity contribution in [1.29, 1.82) is 0 Å². The number of aromatic hydroxyl groups is 1. The first kappa shape index (κ1) is 31.3. The van der Waals surface area contributed by atoms with E-state index in [1.165, 1.54) is 12.1 Å². The van der Waals surface area contributed by atoms with Crippen molar-refractivity contribution in [1.82, 2.24) is 20.9 Å². The Hall–Kier alpha value is -4.61. The summed E-state index contributed by atoms with van der Waals surface area (Å²) < 4.78 is 0. The lowest BCUT2D eigenvalue weighted by Gasteiger charge is -2.24. The number of hydrogen-bond acceptors (Lipinski definition) is 7. The molecule has 0 aliphatic carbocycles. The van der Waals surface area contributed by atoms with Crippen molar-refractivity contribution in [3.05, 3.63) is 102 Å². The molecule has 0 bridgehead atoms. The third kappa shape index (κ3) is 8.69. The van der Waals surface area contributed by atoms with E-state index in [0.717, 1.165) is 22.0 Å². The molecule has 4 aromatic rings. The highest BCUT2D eigenvalue weighted by molar-refractivity contribution is 7.80. The maximum Gasteiger partial charge on any atom is 0.244 e. The molecule has 0 saturated carbocycles. The van der Waals surface area contributed by atoms with Gasteiger partial charge in [-0.2, -0.15) is 12.6 Å². The maximum absolute atomic E-state index is 13.5. The first-order valence-electron chi connectivity index (χ1n) is 13.8. The summed E-state index contributed by atoms with van der Waals surface area (Å²) in [7, 11) is 0. The summed E-state index contributed by atoms with van der Waals surface area (Å²) >= 11 is 4.23. The fraction of sp³-hybridized carbons (Fsp3) is 0.250. The van der Waals surface area contributed by atoms with E-state index in [1.54, 1.807) is 18.3 Å². The number of para-hydroxylation sites is 1. The second kappa shape index (κ2) is 15.0. The van der Waals surface area contributed by atoms with Crippen LogP contribution in [0.2, 0.25) is 0 Å². The molecule has 0 aliphatic rings. The second-order valence-corrected chi connectivity index (χ2v) is 10.6. The summed E-state index contributed by atoms with van der Waals surface area (Å²) in [5.74, 6) is -1.79. The number of nitrogens with one attached hydrogen (secondary N) is 4. The van der Waals surface area contributed by atoms with Crippen LogP contribution in [-0.4, -0.2) is 64.0 Å². The smallest absolute Gasteiger partial charge is 0.244 e. The fourth-order valence-electron chi connectivity index (χ4n) is 4.70. The fourth-order valence-corrected chi connectivity index (χ4v) is 4.95. The molecule has 4 rings (SSSR count). The van der Waals surface area contributed by atoms with Gasteiger partial charge >= 0.3 is 0 Å². The van der Waals surface area contributed by atoms with Gasteiger partial charge in [0.1, 0.15) is 17.8 Å². The minimum atomic E-state index is -1.12. The van der Waals surface area contributed by atoms with Gasteiger partial charge in [-0.15, -0.1) is 0 Å². The number of nitrogens with two attached hydrogens (primary N) is 1. The normalized spacial score (nSPS) is 13.8. The number of H-pyrrole nitrogens is 1. The molecule has 4 atom stereocenters. The molecule has 0 spiro atoms. The van der Waals surface area contributed by atoms with Gasteiger partial charge in [0.2, 0.25) is 24.0 Å². The van der Waals surface area contributed by atoms with Crippen molar-refractivity contribution in [2.75, 3.05) is 5.75 Å². The van der Waals surface area contributed by atoms with E-state index in [4.69, 9.17) is 5.73 Å². The van der Waals surface area contributed by atoms with Gasteiger partial charge in [-0.1, -0.05) is 60.7 Å². The zero-order valence-corrected chi connectivity index (χ0v) is 24.2. The number of carbonyl (C=O) groups is 3. The van der Waals surface area contributed by atoms with E-state index in [1.807, 2.05) is 60.9 Å². The molecule has 43 heavy (non-hydrogen) atoms. The lowest BCUT2D eigenvalue weighted by Crippen LogP contribution is -2.58. The van der Waals surface area contributed by atoms with Gasteiger partial charge in [-0.3, -0.25) is 19.2 Å². The van der Waals surface area contributed by atoms with Gasteiger partial charge in [0.25, 0.3) is 0 Å². The van der Waals surface area contributed by atoms with Gasteiger partial charge in [-0.05, 0) is 41.3 Å². The molecule has 0 aliphatic heterocycles. The Morgan fingerprint density at radius 2 is 1.42 bits per heavy atom. The Bertz CT molecular complexity index is 1540. The highest BCUT2D eigenvalue weighted by Gasteiger charge is 2.29. The lowest BCUT2D eigenvalue weighted by molar-refractivity contribution is -0.132. The van der Waals surface area contributed by atoms with E-state index in [9.17, 15) is 24.3 Å². The van der Waals surface area contributed by atoms with Crippen LogP contribution in [0.4, 0.5) is 0 Å². The molecule has 11 heteroatoms. The van der Waals surface area contributed by atoms with Gasteiger partial charge in [0, 0.05) is 35.7 Å². The third-order valence-electron chi connectivity index (χ3n) is 7.02. The van der Waals surface area contributed by atoms with Crippen molar-refractivity contribution in [3.63, 3.8) is 0 Å². The van der Waals surface area contributed by atoms with Crippen molar-refractivity contribution < 1.29 is 24.3 Å². The Kier molecular flexibility index (Phi) is 11.0. The van der Waals surface area contributed by atoms with Crippen LogP contribution in [0.1, 0.15) is 16.7 Å². The van der Waals surface area contributed by atoms with Crippen LogP contribution < -0.4 is 21.7 Å². The minimum Gasteiger partial charge on any atom is -0.508 e. The van der Waals surface area contributed by atoms with Gasteiger partial charge < -0.3 is 31.8 Å². The number of benzene rings is 3. The molecule has 1 aromatic heterocycles. The topological polar surface area (TPSA) is 166 Å². The molecular formula is C32H34N5O5S. The molecular weight excluding hydrogens is 566 g/mol. The minimum absolute atomic E-state index is 0.0471. The summed E-state index contributed by atoms with van der Waals surface area (Å²) in [4.78, 5) is 54.6. The highest BCUT2D eigenvalue weighted by Crippen LogP contribution is 2.19.